The number of hydrogen-bond acceptors (Lipinski definition) is 6. The maximum atomic E-state index is 12.4. The number of esters is 2. The molecule has 0 saturated heterocycles. The molecule has 2 rings (SSSR count). The van der Waals surface area contributed by atoms with E-state index in [1.54, 1.807) is 38.1 Å². The molecular weight excluding hydrogens is 316 g/mol. The summed E-state index contributed by atoms with van der Waals surface area (Å²) in [6, 6.07) is 6.53. The van der Waals surface area contributed by atoms with E-state index >= 15 is 0 Å². The summed E-state index contributed by atoms with van der Waals surface area (Å²) < 4.78 is 11.8. The molecule has 24 heavy (non-hydrogen) atoms. The van der Waals surface area contributed by atoms with Crippen molar-refractivity contribution in [3.05, 3.63) is 45.0 Å². The minimum atomic E-state index is -0.897. The normalized spacial score (nSPS) is 10.6. The van der Waals surface area contributed by atoms with E-state index < -0.39 is 23.1 Å². The molecule has 1 aromatic heterocycles. The summed E-state index contributed by atoms with van der Waals surface area (Å²) in [5.74, 6) is -1.24. The average molecular weight is 334 g/mol. The first kappa shape index (κ1) is 17.5. The van der Waals surface area contributed by atoms with Crippen LogP contribution in [0.2, 0.25) is 0 Å². The number of fused-ring (bicyclic) bond motifs is 1. The Kier molecular flexibility index (Phi) is 5.51. The molecule has 0 atom stereocenters. The maximum absolute atomic E-state index is 12.4. The second kappa shape index (κ2) is 7.58. The fourth-order valence-electron chi connectivity index (χ4n) is 2.36. The summed E-state index contributed by atoms with van der Waals surface area (Å²) in [7, 11) is 0. The van der Waals surface area contributed by atoms with Crippen molar-refractivity contribution in [3.8, 4) is 0 Å². The standard InChI is InChI=1S/C16H18N2O6/c1-3-23-13(19)9-17-11-7-5-6-8-12(11)18(16(22)15(17)21)10-14(20)24-4-2/h5-8H,3-4,9-10H2,1-2H3. The van der Waals surface area contributed by atoms with E-state index in [0.717, 1.165) is 9.13 Å². The van der Waals surface area contributed by atoms with E-state index in [1.807, 2.05) is 0 Å². The van der Waals surface area contributed by atoms with Gasteiger partial charge in [-0.15, -0.1) is 0 Å². The van der Waals surface area contributed by atoms with Gasteiger partial charge in [0, 0.05) is 0 Å². The number of carbonyl (C=O) groups excluding carboxylic acids is 2. The Bertz CT molecular complexity index is 808. The van der Waals surface area contributed by atoms with Crippen molar-refractivity contribution in [1.29, 1.82) is 0 Å². The SMILES string of the molecule is CCOC(=O)Cn1c(=O)c(=O)n(CC(=O)OCC)c2ccccc21. The van der Waals surface area contributed by atoms with Crippen molar-refractivity contribution in [2.24, 2.45) is 0 Å². The quantitative estimate of drug-likeness (QED) is 0.556. The molecule has 0 aliphatic heterocycles. The molecule has 0 bridgehead atoms. The molecule has 0 amide bonds. The number of carbonyl (C=O) groups is 2. The van der Waals surface area contributed by atoms with Gasteiger partial charge in [0.25, 0.3) is 0 Å². The minimum absolute atomic E-state index is 0.172. The lowest BCUT2D eigenvalue weighted by atomic mass is 10.2. The van der Waals surface area contributed by atoms with Gasteiger partial charge in [-0.3, -0.25) is 28.3 Å². The van der Waals surface area contributed by atoms with Gasteiger partial charge in [-0.2, -0.15) is 0 Å². The third kappa shape index (κ3) is 3.53. The van der Waals surface area contributed by atoms with E-state index in [4.69, 9.17) is 9.47 Å². The van der Waals surface area contributed by atoms with Gasteiger partial charge in [-0.1, -0.05) is 12.1 Å². The summed E-state index contributed by atoms with van der Waals surface area (Å²) in [4.78, 5) is 48.1. The van der Waals surface area contributed by atoms with E-state index in [2.05, 4.69) is 0 Å². The molecule has 8 heteroatoms. The molecule has 1 aromatic carbocycles. The second-order valence-electron chi connectivity index (χ2n) is 4.88. The van der Waals surface area contributed by atoms with Gasteiger partial charge < -0.3 is 9.47 Å². The van der Waals surface area contributed by atoms with Gasteiger partial charge in [0.2, 0.25) is 0 Å². The van der Waals surface area contributed by atoms with Crippen molar-refractivity contribution in [3.63, 3.8) is 0 Å². The summed E-state index contributed by atoms with van der Waals surface area (Å²) >= 11 is 0. The van der Waals surface area contributed by atoms with Gasteiger partial charge >= 0.3 is 23.1 Å². The van der Waals surface area contributed by atoms with E-state index in [9.17, 15) is 19.2 Å². The van der Waals surface area contributed by atoms with Crippen LogP contribution in [0.4, 0.5) is 0 Å². The van der Waals surface area contributed by atoms with Crippen molar-refractivity contribution in [2.75, 3.05) is 13.2 Å². The molecule has 128 valence electrons. The lowest BCUT2D eigenvalue weighted by molar-refractivity contribution is -0.144. The molecule has 0 saturated carbocycles. The molecule has 0 aliphatic carbocycles. The lowest BCUT2D eigenvalue weighted by Crippen LogP contribution is -2.43. The average Bonchev–Trinajstić information content (AvgIpc) is 2.56. The first-order valence-corrected chi connectivity index (χ1v) is 7.53. The summed E-state index contributed by atoms with van der Waals surface area (Å²) in [5, 5.41) is 0. The first-order chi connectivity index (χ1) is 11.5. The van der Waals surface area contributed by atoms with Gasteiger partial charge in [0.15, 0.2) is 0 Å². The highest BCUT2D eigenvalue weighted by Gasteiger charge is 2.17. The Hall–Kier alpha value is -2.90. The Morgan fingerprint density at radius 1 is 0.833 bits per heavy atom. The molecule has 8 nitrogen and oxygen atoms in total. The van der Waals surface area contributed by atoms with Crippen LogP contribution in [0.15, 0.2) is 33.9 Å². The summed E-state index contributed by atoms with van der Waals surface area (Å²) in [6.07, 6.45) is 0. The lowest BCUT2D eigenvalue weighted by Gasteiger charge is -2.14. The highest BCUT2D eigenvalue weighted by Crippen LogP contribution is 2.10. The molecular formula is C16H18N2O6. The van der Waals surface area contributed by atoms with E-state index in [-0.39, 0.29) is 26.3 Å². The Morgan fingerprint density at radius 2 is 1.21 bits per heavy atom. The van der Waals surface area contributed by atoms with Crippen LogP contribution in [0.5, 0.6) is 0 Å². The minimum Gasteiger partial charge on any atom is -0.465 e. The molecule has 0 aliphatic rings. The van der Waals surface area contributed by atoms with Crippen LogP contribution in [0.1, 0.15) is 13.8 Å². The fourth-order valence-corrected chi connectivity index (χ4v) is 2.36. The van der Waals surface area contributed by atoms with Crippen LogP contribution in [0.25, 0.3) is 11.0 Å². The third-order valence-electron chi connectivity index (χ3n) is 3.32. The number of aromatic nitrogens is 2. The number of benzene rings is 1. The predicted molar refractivity (Wildman–Crippen MR) is 85.7 cm³/mol. The van der Waals surface area contributed by atoms with Crippen molar-refractivity contribution >= 4 is 23.0 Å². The zero-order chi connectivity index (χ0) is 17.7. The Balaban J connectivity index is 2.61. The molecule has 0 spiro atoms. The summed E-state index contributed by atoms with van der Waals surface area (Å²) in [6.45, 7) is 2.90. The zero-order valence-corrected chi connectivity index (χ0v) is 13.5. The zero-order valence-electron chi connectivity index (χ0n) is 13.5. The number of rotatable bonds is 6. The molecule has 0 radical (unpaired) electrons. The van der Waals surface area contributed by atoms with Crippen LogP contribution in [-0.2, 0) is 32.2 Å². The van der Waals surface area contributed by atoms with Gasteiger partial charge in [0.1, 0.15) is 13.1 Å². The van der Waals surface area contributed by atoms with Crippen LogP contribution in [0, 0.1) is 0 Å². The molecule has 1 heterocycles. The Morgan fingerprint density at radius 3 is 1.54 bits per heavy atom. The number of ether oxygens (including phenoxy) is 2. The first-order valence-electron chi connectivity index (χ1n) is 7.53. The number of nitrogens with zero attached hydrogens (tertiary/aromatic N) is 2. The topological polar surface area (TPSA) is 96.6 Å². The maximum Gasteiger partial charge on any atom is 0.326 e. The van der Waals surface area contributed by atoms with Gasteiger partial charge in [0.05, 0.1) is 24.2 Å². The van der Waals surface area contributed by atoms with Crippen molar-refractivity contribution < 1.29 is 19.1 Å². The Labute approximate surface area is 137 Å². The van der Waals surface area contributed by atoms with Crippen LogP contribution >= 0.6 is 0 Å². The van der Waals surface area contributed by atoms with E-state index in [0.29, 0.717) is 11.0 Å². The predicted octanol–water partition coefficient (Wildman–Crippen LogP) is 0.289. The highest BCUT2D eigenvalue weighted by molar-refractivity contribution is 5.79. The largest absolute Gasteiger partial charge is 0.465 e. The van der Waals surface area contributed by atoms with E-state index in [1.165, 1.54) is 0 Å². The van der Waals surface area contributed by atoms with Crippen molar-refractivity contribution in [1.82, 2.24) is 9.13 Å². The molecule has 2 aromatic rings. The molecule has 0 unspecified atom stereocenters. The molecule has 0 N–H and O–H groups in total. The number of hydrogen-bond donors (Lipinski definition) is 0. The smallest absolute Gasteiger partial charge is 0.326 e. The third-order valence-corrected chi connectivity index (χ3v) is 3.32. The number of para-hydroxylation sites is 2. The monoisotopic (exact) mass is 334 g/mol. The van der Waals surface area contributed by atoms with Gasteiger partial charge in [-0.05, 0) is 26.0 Å². The summed E-state index contributed by atoms with van der Waals surface area (Å²) in [5.41, 5.74) is -1.07. The van der Waals surface area contributed by atoms with Crippen LogP contribution in [-0.4, -0.2) is 34.3 Å². The molecule has 0 fully saturated rings. The highest BCUT2D eigenvalue weighted by atomic mass is 16.5. The van der Waals surface area contributed by atoms with Crippen molar-refractivity contribution in [2.45, 2.75) is 26.9 Å². The second-order valence-corrected chi connectivity index (χ2v) is 4.88. The van der Waals surface area contributed by atoms with Crippen LogP contribution in [0.3, 0.4) is 0 Å². The van der Waals surface area contributed by atoms with Crippen LogP contribution < -0.4 is 11.1 Å². The van der Waals surface area contributed by atoms with Gasteiger partial charge in [-0.25, -0.2) is 0 Å². The fraction of sp³-hybridized carbons (Fsp3) is 0.375.